The van der Waals surface area contributed by atoms with Crippen molar-refractivity contribution in [3.8, 4) is 22.5 Å². The molecule has 0 spiro atoms. The second-order valence-corrected chi connectivity index (χ2v) is 10.1. The standard InChI is InChI=1S/C29H31N7O4.2Na.2H/c1-3-7-24-30-21-14-22-26(37)25(29(39)40-4-2)28(38)36(22)16-23(21)35(24)15-17-10-12-18(13-11-17)19-8-5-6-9-20(19)27-31-33-34-32-27;;;;/h5-6,8-13,22,24,30,37H,3-4,7,14-16H2,1-2H3,(H,31,32,33,34);;;;. The molecule has 210 valence electrons. The van der Waals surface area contributed by atoms with Crippen LogP contribution in [0.25, 0.3) is 22.5 Å². The summed E-state index contributed by atoms with van der Waals surface area (Å²) in [6.45, 7) is 4.93. The van der Waals surface area contributed by atoms with Crippen molar-refractivity contribution in [2.45, 2.75) is 51.9 Å². The third-order valence-electron chi connectivity index (χ3n) is 7.74. The fourth-order valence-electron chi connectivity index (χ4n) is 5.84. The van der Waals surface area contributed by atoms with E-state index in [1.165, 1.54) is 0 Å². The van der Waals surface area contributed by atoms with E-state index in [-0.39, 0.29) is 83.2 Å². The van der Waals surface area contributed by atoms with Gasteiger partial charge in [0, 0.05) is 24.2 Å². The van der Waals surface area contributed by atoms with Crippen molar-refractivity contribution in [1.82, 2.24) is 35.7 Å². The molecule has 4 heterocycles. The van der Waals surface area contributed by atoms with Gasteiger partial charge >= 0.3 is 65.1 Å². The second kappa shape index (κ2) is 13.7. The molecule has 2 atom stereocenters. The molecule has 0 saturated heterocycles. The first kappa shape index (κ1) is 32.2. The Bertz CT molecular complexity index is 1510. The summed E-state index contributed by atoms with van der Waals surface area (Å²) in [5.74, 6) is -0.825. The third kappa shape index (κ3) is 5.91. The predicted molar refractivity (Wildman–Crippen MR) is 160 cm³/mol. The van der Waals surface area contributed by atoms with E-state index in [0.29, 0.717) is 25.3 Å². The molecular formula is C29H33N7Na2O4. The molecule has 0 radical (unpaired) electrons. The van der Waals surface area contributed by atoms with Crippen LogP contribution in [0.15, 0.2) is 71.3 Å². The molecule has 1 amide bonds. The van der Waals surface area contributed by atoms with Gasteiger partial charge in [-0.1, -0.05) is 61.9 Å². The summed E-state index contributed by atoms with van der Waals surface area (Å²) in [6, 6.07) is 15.9. The zero-order chi connectivity index (χ0) is 27.8. The summed E-state index contributed by atoms with van der Waals surface area (Å²) in [6.07, 6.45) is 2.43. The van der Waals surface area contributed by atoms with E-state index >= 15 is 0 Å². The average Bonchev–Trinajstić information content (AvgIpc) is 3.67. The first-order valence-corrected chi connectivity index (χ1v) is 13.6. The van der Waals surface area contributed by atoms with Crippen molar-refractivity contribution in [1.29, 1.82) is 0 Å². The van der Waals surface area contributed by atoms with E-state index in [9.17, 15) is 14.7 Å². The summed E-state index contributed by atoms with van der Waals surface area (Å²) in [4.78, 5) is 29.4. The number of aliphatic hydroxyl groups excluding tert-OH is 1. The van der Waals surface area contributed by atoms with Gasteiger partial charge < -0.3 is 25.0 Å². The van der Waals surface area contributed by atoms with Gasteiger partial charge in [0.2, 0.25) is 0 Å². The Morgan fingerprint density at radius 3 is 2.50 bits per heavy atom. The molecule has 0 bridgehead atoms. The minimum atomic E-state index is -0.769. The number of ether oxygens (including phenoxy) is 1. The van der Waals surface area contributed by atoms with Crippen LogP contribution >= 0.6 is 0 Å². The first-order valence-electron chi connectivity index (χ1n) is 13.6. The van der Waals surface area contributed by atoms with Gasteiger partial charge in [-0.05, 0) is 40.5 Å². The van der Waals surface area contributed by atoms with Crippen molar-refractivity contribution in [2.24, 2.45) is 0 Å². The third-order valence-corrected chi connectivity index (χ3v) is 7.74. The average molecular weight is 590 g/mol. The van der Waals surface area contributed by atoms with Gasteiger partial charge in [-0.25, -0.2) is 9.89 Å². The molecule has 0 fully saturated rings. The number of aromatic amines is 1. The van der Waals surface area contributed by atoms with Crippen LogP contribution in [0.2, 0.25) is 0 Å². The van der Waals surface area contributed by atoms with E-state index in [2.05, 4.69) is 62.0 Å². The Balaban J connectivity index is 0.00000202. The topological polar surface area (TPSA) is 137 Å². The Hall–Kier alpha value is -2.67. The SMILES string of the molecule is CCCC1NC2=C(CN3C(=O)C(C(=O)OCC)=C(O)C3C2)N1Cc1ccc(-c2ccccc2-c2nnn[nH]2)cc1.[NaH].[NaH]. The summed E-state index contributed by atoms with van der Waals surface area (Å²) >= 11 is 0. The molecule has 42 heavy (non-hydrogen) atoms. The molecule has 6 rings (SSSR count). The van der Waals surface area contributed by atoms with Crippen LogP contribution in [0.5, 0.6) is 0 Å². The van der Waals surface area contributed by atoms with Gasteiger partial charge in [-0.3, -0.25) is 4.79 Å². The molecule has 3 aliphatic rings. The van der Waals surface area contributed by atoms with Crippen LogP contribution in [-0.2, 0) is 20.9 Å². The molecular weight excluding hydrogens is 556 g/mol. The minimum absolute atomic E-state index is 0. The molecule has 3 N–H and O–H groups in total. The van der Waals surface area contributed by atoms with Crippen molar-refractivity contribution in [3.63, 3.8) is 0 Å². The summed E-state index contributed by atoms with van der Waals surface area (Å²) in [5.41, 5.74) is 5.91. The van der Waals surface area contributed by atoms with E-state index in [1.54, 1.807) is 11.8 Å². The van der Waals surface area contributed by atoms with Crippen molar-refractivity contribution < 1.29 is 19.4 Å². The molecule has 11 nitrogen and oxygen atoms in total. The Kier molecular flexibility index (Phi) is 10.6. The molecule has 3 aliphatic heterocycles. The number of nitrogens with zero attached hydrogens (tertiary/aromatic N) is 5. The van der Waals surface area contributed by atoms with Gasteiger partial charge in [-0.2, -0.15) is 0 Å². The first-order chi connectivity index (χ1) is 19.5. The number of esters is 1. The number of aliphatic hydroxyl groups is 1. The number of rotatable bonds is 8. The quantitative estimate of drug-likeness (QED) is 0.205. The Labute approximate surface area is 288 Å². The number of nitrogens with one attached hydrogen (secondary N) is 2. The van der Waals surface area contributed by atoms with E-state index in [4.69, 9.17) is 4.74 Å². The monoisotopic (exact) mass is 589 g/mol. The number of carbonyl (C=O) groups is 2. The van der Waals surface area contributed by atoms with Crippen molar-refractivity contribution in [2.75, 3.05) is 13.2 Å². The molecule has 13 heteroatoms. The molecule has 2 unspecified atom stereocenters. The maximum absolute atomic E-state index is 13.1. The summed E-state index contributed by atoms with van der Waals surface area (Å²) in [7, 11) is 0. The van der Waals surface area contributed by atoms with E-state index < -0.39 is 17.9 Å². The maximum atomic E-state index is 13.1. The number of carbonyl (C=O) groups excluding carboxylic acids is 2. The van der Waals surface area contributed by atoms with Gasteiger partial charge in [0.05, 0.1) is 31.1 Å². The molecule has 1 aromatic heterocycles. The van der Waals surface area contributed by atoms with E-state index in [0.717, 1.165) is 46.5 Å². The van der Waals surface area contributed by atoms with Crippen LogP contribution in [0.1, 0.15) is 38.7 Å². The number of amides is 1. The van der Waals surface area contributed by atoms with Crippen LogP contribution in [-0.4, -0.2) is 132 Å². The number of hydrogen-bond acceptors (Lipinski definition) is 9. The zero-order valence-electron chi connectivity index (χ0n) is 22.4. The Morgan fingerprint density at radius 2 is 1.83 bits per heavy atom. The van der Waals surface area contributed by atoms with E-state index in [1.807, 2.05) is 24.3 Å². The molecule has 2 aromatic carbocycles. The van der Waals surface area contributed by atoms with Gasteiger partial charge in [-0.15, -0.1) is 5.10 Å². The molecule has 3 aromatic rings. The number of hydrogen-bond donors (Lipinski definition) is 3. The number of fused-ring (bicyclic) bond motifs is 1. The second-order valence-electron chi connectivity index (χ2n) is 10.1. The van der Waals surface area contributed by atoms with Crippen LogP contribution in [0, 0.1) is 0 Å². The van der Waals surface area contributed by atoms with Gasteiger partial charge in [0.15, 0.2) is 11.4 Å². The van der Waals surface area contributed by atoms with Crippen LogP contribution in [0.3, 0.4) is 0 Å². The number of H-pyrrole nitrogens is 1. The fraction of sp³-hybridized carbons (Fsp3) is 0.345. The van der Waals surface area contributed by atoms with Crippen LogP contribution in [0.4, 0.5) is 0 Å². The zero-order valence-corrected chi connectivity index (χ0v) is 22.4. The number of benzene rings is 2. The molecule has 0 saturated carbocycles. The van der Waals surface area contributed by atoms with Crippen molar-refractivity contribution in [3.05, 3.63) is 76.8 Å². The van der Waals surface area contributed by atoms with Crippen molar-refractivity contribution >= 4 is 71.0 Å². The predicted octanol–water partition coefficient (Wildman–Crippen LogP) is 1.97. The number of tetrazole rings is 1. The molecule has 0 aliphatic carbocycles. The fourth-order valence-corrected chi connectivity index (χ4v) is 5.84. The Morgan fingerprint density at radius 1 is 1.10 bits per heavy atom. The van der Waals surface area contributed by atoms with Gasteiger partial charge in [0.25, 0.3) is 5.91 Å². The van der Waals surface area contributed by atoms with Crippen LogP contribution < -0.4 is 5.32 Å². The number of aromatic nitrogens is 4. The van der Waals surface area contributed by atoms with Gasteiger partial charge in [0.1, 0.15) is 5.76 Å². The normalized spacial score (nSPS) is 19.1. The summed E-state index contributed by atoms with van der Waals surface area (Å²) in [5, 5.41) is 28.7. The summed E-state index contributed by atoms with van der Waals surface area (Å²) < 4.78 is 5.03.